The lowest BCUT2D eigenvalue weighted by atomic mass is 9.83. The average Bonchev–Trinajstić information content (AvgIpc) is 2.69. The van der Waals surface area contributed by atoms with Crippen molar-refractivity contribution in [3.05, 3.63) is 82.9 Å². The summed E-state index contributed by atoms with van der Waals surface area (Å²) in [6.45, 7) is 4.05. The third-order valence-electron chi connectivity index (χ3n) is 5.51. The molecule has 4 rings (SSSR count). The molecule has 1 aliphatic rings. The second kappa shape index (κ2) is 7.44. The molecule has 0 saturated heterocycles. The Labute approximate surface area is 167 Å². The van der Waals surface area contributed by atoms with Gasteiger partial charge in [0.15, 0.2) is 0 Å². The molecule has 0 fully saturated rings. The van der Waals surface area contributed by atoms with Crippen molar-refractivity contribution in [3.63, 3.8) is 0 Å². The lowest BCUT2D eigenvalue weighted by Crippen LogP contribution is -2.14. The van der Waals surface area contributed by atoms with Crippen LogP contribution in [0.5, 0.6) is 0 Å². The van der Waals surface area contributed by atoms with Crippen LogP contribution in [0.25, 0.3) is 11.1 Å². The summed E-state index contributed by atoms with van der Waals surface area (Å²) in [5.74, 6) is 0. The van der Waals surface area contributed by atoms with Gasteiger partial charge in [-0.3, -0.25) is 4.72 Å². The Morgan fingerprint density at radius 3 is 2.32 bits per heavy atom. The van der Waals surface area contributed by atoms with Crippen LogP contribution in [0.3, 0.4) is 0 Å². The summed E-state index contributed by atoms with van der Waals surface area (Å²) in [5.41, 5.74) is 7.74. The van der Waals surface area contributed by atoms with Crippen LogP contribution in [0.2, 0.25) is 0 Å². The molecule has 0 amide bonds. The number of fused-ring (bicyclic) bond motifs is 1. The predicted octanol–water partition coefficient (Wildman–Crippen LogP) is 5.65. The molecule has 0 bridgehead atoms. The minimum Gasteiger partial charge on any atom is -0.279 e. The molecule has 3 nitrogen and oxygen atoms in total. The minimum atomic E-state index is -3.64. The number of hydrogen-bond acceptors (Lipinski definition) is 2. The second-order valence-electron chi connectivity index (χ2n) is 7.57. The number of benzene rings is 3. The highest BCUT2D eigenvalue weighted by molar-refractivity contribution is 7.92. The fraction of sp³-hybridized carbons (Fsp3) is 0.250. The van der Waals surface area contributed by atoms with E-state index in [1.165, 1.54) is 35.1 Å². The zero-order chi connectivity index (χ0) is 19.7. The van der Waals surface area contributed by atoms with Gasteiger partial charge in [0.25, 0.3) is 10.0 Å². The maximum atomic E-state index is 13.0. The topological polar surface area (TPSA) is 46.2 Å². The van der Waals surface area contributed by atoms with E-state index in [1.54, 1.807) is 12.1 Å². The Kier molecular flexibility index (Phi) is 4.98. The minimum absolute atomic E-state index is 0.278. The van der Waals surface area contributed by atoms with Crippen LogP contribution in [0.1, 0.15) is 35.1 Å². The summed E-state index contributed by atoms with van der Waals surface area (Å²) in [5, 5.41) is 0. The van der Waals surface area contributed by atoms with Crippen molar-refractivity contribution in [2.24, 2.45) is 0 Å². The van der Waals surface area contributed by atoms with Crippen molar-refractivity contribution in [3.8, 4) is 11.1 Å². The van der Waals surface area contributed by atoms with Crippen LogP contribution in [-0.4, -0.2) is 8.42 Å². The van der Waals surface area contributed by atoms with E-state index in [-0.39, 0.29) is 4.90 Å². The van der Waals surface area contributed by atoms with Gasteiger partial charge in [0.2, 0.25) is 0 Å². The molecule has 1 aliphatic carbocycles. The molecule has 0 radical (unpaired) electrons. The molecule has 0 spiro atoms. The van der Waals surface area contributed by atoms with Gasteiger partial charge < -0.3 is 0 Å². The summed E-state index contributed by atoms with van der Waals surface area (Å²) in [7, 11) is -3.64. The summed E-state index contributed by atoms with van der Waals surface area (Å²) in [6.07, 6.45) is 4.54. The Morgan fingerprint density at radius 1 is 0.821 bits per heavy atom. The zero-order valence-corrected chi connectivity index (χ0v) is 17.1. The lowest BCUT2D eigenvalue weighted by molar-refractivity contribution is 0.601. The summed E-state index contributed by atoms with van der Waals surface area (Å²) < 4.78 is 28.7. The Morgan fingerprint density at radius 2 is 1.54 bits per heavy atom. The summed E-state index contributed by atoms with van der Waals surface area (Å²) in [6, 6.07) is 19.0. The largest absolute Gasteiger partial charge is 0.279 e. The van der Waals surface area contributed by atoms with Gasteiger partial charge in [0.1, 0.15) is 0 Å². The first kappa shape index (κ1) is 18.8. The molecule has 1 N–H and O–H groups in total. The van der Waals surface area contributed by atoms with Crippen molar-refractivity contribution in [1.29, 1.82) is 0 Å². The summed E-state index contributed by atoms with van der Waals surface area (Å²) in [4.78, 5) is 0.278. The van der Waals surface area contributed by atoms with Gasteiger partial charge in [-0.2, -0.15) is 0 Å². The predicted molar refractivity (Wildman–Crippen MR) is 115 cm³/mol. The highest BCUT2D eigenvalue weighted by Crippen LogP contribution is 2.38. The number of rotatable bonds is 4. The third-order valence-corrected chi connectivity index (χ3v) is 6.89. The number of anilines is 1. The van der Waals surface area contributed by atoms with Gasteiger partial charge >= 0.3 is 0 Å². The number of para-hydroxylation sites is 1. The van der Waals surface area contributed by atoms with Gasteiger partial charge in [-0.05, 0) is 80.0 Å². The fourth-order valence-electron chi connectivity index (χ4n) is 4.03. The van der Waals surface area contributed by atoms with Gasteiger partial charge in [-0.15, -0.1) is 0 Å². The molecule has 0 aromatic heterocycles. The normalized spacial score (nSPS) is 13.8. The monoisotopic (exact) mass is 391 g/mol. The molecule has 0 unspecified atom stereocenters. The molecule has 144 valence electrons. The standard InChI is InChI=1S/C24H25NO2S/c1-17-11-15-20(16-12-17)28(26,27)25-23-10-6-5-9-22(23)24-18(2)13-14-19-7-3-4-8-21(19)24/h5-6,9-16,25H,3-4,7-8H2,1-2H3. The van der Waals surface area contributed by atoms with Crippen molar-refractivity contribution in [2.75, 3.05) is 4.72 Å². The Balaban J connectivity index is 1.80. The number of hydrogen-bond donors (Lipinski definition) is 1. The lowest BCUT2D eigenvalue weighted by Gasteiger charge is -2.23. The first-order chi connectivity index (χ1) is 13.5. The molecule has 3 aromatic carbocycles. The highest BCUT2D eigenvalue weighted by Gasteiger charge is 2.21. The fourth-order valence-corrected chi connectivity index (χ4v) is 5.11. The quantitative estimate of drug-likeness (QED) is 0.625. The SMILES string of the molecule is Cc1ccc(S(=O)(=O)Nc2ccccc2-c2c(C)ccc3c2CCCC3)cc1. The van der Waals surface area contributed by atoms with E-state index in [0.717, 1.165) is 24.0 Å². The Bertz CT molecular complexity index is 1120. The molecular formula is C24H25NO2S. The maximum Gasteiger partial charge on any atom is 0.261 e. The molecule has 0 saturated carbocycles. The highest BCUT2D eigenvalue weighted by atomic mass is 32.2. The molecule has 0 atom stereocenters. The van der Waals surface area contributed by atoms with E-state index in [1.807, 2.05) is 43.3 Å². The smallest absolute Gasteiger partial charge is 0.261 e. The molecular weight excluding hydrogens is 366 g/mol. The van der Waals surface area contributed by atoms with E-state index in [9.17, 15) is 8.42 Å². The number of sulfonamides is 1. The van der Waals surface area contributed by atoms with E-state index in [0.29, 0.717) is 5.69 Å². The number of aryl methyl sites for hydroxylation is 3. The van der Waals surface area contributed by atoms with Crippen LogP contribution >= 0.6 is 0 Å². The molecule has 4 heteroatoms. The summed E-state index contributed by atoms with van der Waals surface area (Å²) >= 11 is 0. The Hall–Kier alpha value is -2.59. The first-order valence-electron chi connectivity index (χ1n) is 9.76. The molecule has 28 heavy (non-hydrogen) atoms. The molecule has 0 aliphatic heterocycles. The average molecular weight is 392 g/mol. The zero-order valence-electron chi connectivity index (χ0n) is 16.3. The number of nitrogens with one attached hydrogen (secondary N) is 1. The second-order valence-corrected chi connectivity index (χ2v) is 9.25. The van der Waals surface area contributed by atoms with E-state index >= 15 is 0 Å². The van der Waals surface area contributed by atoms with Crippen LogP contribution in [0.4, 0.5) is 5.69 Å². The van der Waals surface area contributed by atoms with Gasteiger partial charge in [-0.1, -0.05) is 48.0 Å². The maximum absolute atomic E-state index is 13.0. The van der Waals surface area contributed by atoms with Crippen molar-refractivity contribution < 1.29 is 8.42 Å². The van der Waals surface area contributed by atoms with Crippen LogP contribution in [-0.2, 0) is 22.9 Å². The third kappa shape index (κ3) is 3.57. The van der Waals surface area contributed by atoms with Crippen LogP contribution < -0.4 is 4.72 Å². The van der Waals surface area contributed by atoms with Crippen molar-refractivity contribution in [2.45, 2.75) is 44.4 Å². The van der Waals surface area contributed by atoms with Crippen molar-refractivity contribution >= 4 is 15.7 Å². The van der Waals surface area contributed by atoms with Gasteiger partial charge in [0.05, 0.1) is 10.6 Å². The first-order valence-corrected chi connectivity index (χ1v) is 11.2. The van der Waals surface area contributed by atoms with E-state index in [2.05, 4.69) is 23.8 Å². The van der Waals surface area contributed by atoms with Crippen LogP contribution in [0, 0.1) is 13.8 Å². The molecule has 3 aromatic rings. The van der Waals surface area contributed by atoms with E-state index < -0.39 is 10.0 Å². The van der Waals surface area contributed by atoms with Crippen molar-refractivity contribution in [1.82, 2.24) is 0 Å². The van der Waals surface area contributed by atoms with Gasteiger partial charge in [0, 0.05) is 5.56 Å². The van der Waals surface area contributed by atoms with Gasteiger partial charge in [-0.25, -0.2) is 8.42 Å². The molecule has 0 heterocycles. The van der Waals surface area contributed by atoms with Crippen LogP contribution in [0.15, 0.2) is 65.6 Å². The van der Waals surface area contributed by atoms with E-state index in [4.69, 9.17) is 0 Å².